The van der Waals surface area contributed by atoms with Crippen molar-refractivity contribution >= 4 is 32.8 Å². The molecule has 0 aliphatic heterocycles. The molecule has 0 aliphatic rings. The van der Waals surface area contributed by atoms with Crippen LogP contribution >= 0.6 is 0 Å². The number of sulfonamides is 1. The normalized spacial score (nSPS) is 11.8. The van der Waals surface area contributed by atoms with Crippen LogP contribution in [-0.2, 0) is 16.6 Å². The molecule has 2 aromatic heterocycles. The van der Waals surface area contributed by atoms with Crippen LogP contribution in [0.1, 0.15) is 37.6 Å². The number of nitrogens with one attached hydrogen (secondary N) is 2. The number of carbonyl (C=O) groups excluding carboxylic acids is 1. The van der Waals surface area contributed by atoms with Crippen LogP contribution in [0.15, 0.2) is 41.7 Å². The quantitative estimate of drug-likeness (QED) is 0.450. The first kappa shape index (κ1) is 23.6. The first-order valence-electron chi connectivity index (χ1n) is 10.7. The van der Waals surface area contributed by atoms with E-state index in [1.54, 1.807) is 24.7 Å². The summed E-state index contributed by atoms with van der Waals surface area (Å²) in [4.78, 5) is 21.2. The number of hydrogen-bond donors (Lipinski definition) is 2. The molecule has 0 spiro atoms. The van der Waals surface area contributed by atoms with Gasteiger partial charge in [-0.3, -0.25) is 4.79 Å². The van der Waals surface area contributed by atoms with E-state index in [0.29, 0.717) is 37.4 Å². The highest BCUT2D eigenvalue weighted by molar-refractivity contribution is 7.89. The minimum atomic E-state index is -3.55. The van der Waals surface area contributed by atoms with Crippen molar-refractivity contribution in [3.63, 3.8) is 0 Å². The maximum absolute atomic E-state index is 12.6. The van der Waals surface area contributed by atoms with Crippen molar-refractivity contribution in [2.45, 2.75) is 38.6 Å². The molecule has 0 unspecified atom stereocenters. The lowest BCUT2D eigenvalue weighted by atomic mass is 10.2. The summed E-state index contributed by atoms with van der Waals surface area (Å²) in [5, 5.41) is 11.3. The Hall–Kier alpha value is -3.05. The van der Waals surface area contributed by atoms with Crippen molar-refractivity contribution in [1.82, 2.24) is 29.4 Å². The predicted molar refractivity (Wildman–Crippen MR) is 123 cm³/mol. The molecule has 0 fully saturated rings. The van der Waals surface area contributed by atoms with Gasteiger partial charge < -0.3 is 10.6 Å². The Labute approximate surface area is 188 Å². The number of rotatable bonds is 11. The van der Waals surface area contributed by atoms with E-state index < -0.39 is 10.0 Å². The number of aromatic nitrogens is 4. The molecular formula is C21H29N7O3S. The highest BCUT2D eigenvalue weighted by Gasteiger charge is 2.21. The van der Waals surface area contributed by atoms with E-state index in [1.807, 2.05) is 0 Å². The van der Waals surface area contributed by atoms with E-state index in [-0.39, 0.29) is 10.8 Å². The number of carbonyl (C=O) groups is 1. The van der Waals surface area contributed by atoms with E-state index in [4.69, 9.17) is 0 Å². The number of anilines is 1. The molecule has 0 atom stereocenters. The fourth-order valence-corrected chi connectivity index (χ4v) is 4.77. The Morgan fingerprint density at radius 2 is 1.78 bits per heavy atom. The number of benzene rings is 1. The summed E-state index contributed by atoms with van der Waals surface area (Å²) < 4.78 is 28.2. The van der Waals surface area contributed by atoms with Crippen molar-refractivity contribution in [2.75, 3.05) is 31.5 Å². The molecule has 1 amide bonds. The van der Waals surface area contributed by atoms with Crippen LogP contribution in [0.2, 0.25) is 0 Å². The van der Waals surface area contributed by atoms with Gasteiger partial charge in [-0.2, -0.15) is 9.40 Å². The van der Waals surface area contributed by atoms with Gasteiger partial charge in [0, 0.05) is 31.7 Å². The third-order valence-electron chi connectivity index (χ3n) is 5.04. The number of fused-ring (bicyclic) bond motifs is 1. The van der Waals surface area contributed by atoms with Gasteiger partial charge >= 0.3 is 0 Å². The van der Waals surface area contributed by atoms with Crippen molar-refractivity contribution in [2.24, 2.45) is 0 Å². The average molecular weight is 460 g/mol. The van der Waals surface area contributed by atoms with Crippen molar-refractivity contribution < 1.29 is 13.2 Å². The molecule has 0 aliphatic carbocycles. The molecule has 2 heterocycles. The van der Waals surface area contributed by atoms with Crippen molar-refractivity contribution in [3.8, 4) is 0 Å². The average Bonchev–Trinajstić information content (AvgIpc) is 3.22. The van der Waals surface area contributed by atoms with Crippen molar-refractivity contribution in [1.29, 1.82) is 0 Å². The second kappa shape index (κ2) is 10.5. The molecular weight excluding hydrogens is 430 g/mol. The SMILES string of the molecule is CCCNc1ncnc2c1cnn2CCNC(=O)c1ccc(S(=O)(=O)N(CC)CC)cc1. The van der Waals surface area contributed by atoms with E-state index in [0.717, 1.165) is 24.2 Å². The zero-order valence-corrected chi connectivity index (χ0v) is 19.4. The van der Waals surface area contributed by atoms with Crippen LogP contribution < -0.4 is 10.6 Å². The Bertz CT molecular complexity index is 1160. The molecule has 10 nitrogen and oxygen atoms in total. The molecule has 0 bridgehead atoms. The first-order valence-corrected chi connectivity index (χ1v) is 12.1. The van der Waals surface area contributed by atoms with Crippen LogP contribution in [0.3, 0.4) is 0 Å². The lowest BCUT2D eigenvalue weighted by molar-refractivity contribution is 0.0952. The van der Waals surface area contributed by atoms with Gasteiger partial charge in [0.25, 0.3) is 5.91 Å². The molecule has 2 N–H and O–H groups in total. The molecule has 1 aromatic carbocycles. The van der Waals surface area contributed by atoms with Gasteiger partial charge in [-0.15, -0.1) is 0 Å². The number of hydrogen-bond acceptors (Lipinski definition) is 7. The molecule has 3 rings (SSSR count). The van der Waals surface area contributed by atoms with Gasteiger partial charge in [0.15, 0.2) is 5.65 Å². The van der Waals surface area contributed by atoms with Gasteiger partial charge in [-0.05, 0) is 30.7 Å². The highest BCUT2D eigenvalue weighted by atomic mass is 32.2. The zero-order valence-electron chi connectivity index (χ0n) is 18.6. The maximum atomic E-state index is 12.6. The summed E-state index contributed by atoms with van der Waals surface area (Å²) >= 11 is 0. The fraction of sp³-hybridized carbons (Fsp3) is 0.429. The van der Waals surface area contributed by atoms with E-state index in [2.05, 4.69) is 32.6 Å². The molecule has 172 valence electrons. The highest BCUT2D eigenvalue weighted by Crippen LogP contribution is 2.18. The van der Waals surface area contributed by atoms with Gasteiger partial charge in [-0.1, -0.05) is 20.8 Å². The minimum Gasteiger partial charge on any atom is -0.369 e. The summed E-state index contributed by atoms with van der Waals surface area (Å²) in [5.41, 5.74) is 1.08. The Kier molecular flexibility index (Phi) is 7.75. The minimum absolute atomic E-state index is 0.174. The lowest BCUT2D eigenvalue weighted by Crippen LogP contribution is -2.31. The molecule has 0 saturated carbocycles. The molecule has 11 heteroatoms. The Balaban J connectivity index is 1.62. The summed E-state index contributed by atoms with van der Waals surface area (Å²) in [7, 11) is -3.55. The van der Waals surface area contributed by atoms with Crippen molar-refractivity contribution in [3.05, 3.63) is 42.4 Å². The topological polar surface area (TPSA) is 122 Å². The molecule has 32 heavy (non-hydrogen) atoms. The van der Waals surface area contributed by atoms with Crippen LogP contribution in [0.5, 0.6) is 0 Å². The van der Waals surface area contributed by atoms with Crippen LogP contribution in [0.25, 0.3) is 11.0 Å². The maximum Gasteiger partial charge on any atom is 0.251 e. The van der Waals surface area contributed by atoms with Crippen LogP contribution in [-0.4, -0.2) is 64.6 Å². The number of amides is 1. The molecule has 0 saturated heterocycles. The van der Waals surface area contributed by atoms with Crippen LogP contribution in [0.4, 0.5) is 5.82 Å². The fourth-order valence-electron chi connectivity index (χ4n) is 3.31. The smallest absolute Gasteiger partial charge is 0.251 e. The predicted octanol–water partition coefficient (Wildman–Crippen LogP) is 2.11. The second-order valence-corrected chi connectivity index (χ2v) is 9.06. The van der Waals surface area contributed by atoms with Crippen LogP contribution in [0, 0.1) is 0 Å². The Morgan fingerprint density at radius 1 is 1.06 bits per heavy atom. The molecule has 0 radical (unpaired) electrons. The number of nitrogens with zero attached hydrogens (tertiary/aromatic N) is 5. The lowest BCUT2D eigenvalue weighted by Gasteiger charge is -2.18. The zero-order chi connectivity index (χ0) is 23.1. The third kappa shape index (κ3) is 5.05. The van der Waals surface area contributed by atoms with Gasteiger partial charge in [0.2, 0.25) is 10.0 Å². The summed E-state index contributed by atoms with van der Waals surface area (Å²) in [6.45, 7) is 8.04. The largest absolute Gasteiger partial charge is 0.369 e. The molecule has 3 aromatic rings. The summed E-state index contributed by atoms with van der Waals surface area (Å²) in [5.74, 6) is 0.458. The van der Waals surface area contributed by atoms with E-state index in [1.165, 1.54) is 34.9 Å². The first-order chi connectivity index (χ1) is 15.4. The van der Waals surface area contributed by atoms with E-state index in [9.17, 15) is 13.2 Å². The van der Waals surface area contributed by atoms with E-state index >= 15 is 0 Å². The Morgan fingerprint density at radius 3 is 2.44 bits per heavy atom. The standard InChI is InChI=1S/C21H29N7O3S/c1-4-11-22-19-18-14-26-28(20(18)25-15-24-19)13-12-23-21(29)16-7-9-17(10-8-16)32(30,31)27(5-2)6-3/h7-10,14-15H,4-6,11-13H2,1-3H3,(H,23,29)(H,22,24,25). The van der Waals surface area contributed by atoms with Gasteiger partial charge in [-0.25, -0.2) is 23.1 Å². The summed E-state index contributed by atoms with van der Waals surface area (Å²) in [6, 6.07) is 5.97. The monoisotopic (exact) mass is 459 g/mol. The van der Waals surface area contributed by atoms with Gasteiger partial charge in [0.05, 0.1) is 23.0 Å². The van der Waals surface area contributed by atoms with Gasteiger partial charge in [0.1, 0.15) is 12.1 Å². The summed E-state index contributed by atoms with van der Waals surface area (Å²) in [6.07, 6.45) is 4.18. The second-order valence-electron chi connectivity index (χ2n) is 7.12. The third-order valence-corrected chi connectivity index (χ3v) is 7.11.